The van der Waals surface area contributed by atoms with E-state index in [4.69, 9.17) is 10.4 Å². The van der Waals surface area contributed by atoms with Crippen molar-refractivity contribution in [1.82, 2.24) is 5.32 Å². The molecule has 0 aromatic carbocycles. The quantitative estimate of drug-likeness (QED) is 0.584. The Labute approximate surface area is 80.1 Å². The summed E-state index contributed by atoms with van der Waals surface area (Å²) in [6.45, 7) is 1.67. The summed E-state index contributed by atoms with van der Waals surface area (Å²) in [4.78, 5) is 20.5. The first kappa shape index (κ1) is 11.8. The van der Waals surface area contributed by atoms with Crippen LogP contribution in [0, 0.1) is 11.3 Å². The second-order valence-corrected chi connectivity index (χ2v) is 3.65. The summed E-state index contributed by atoms with van der Waals surface area (Å²) < 4.78 is 0. The number of aliphatic carboxylic acids is 1. The molecule has 0 aliphatic heterocycles. The summed E-state index contributed by atoms with van der Waals surface area (Å²) in [6.07, 6.45) is 0.344. The van der Waals surface area contributed by atoms with Crippen molar-refractivity contribution in [2.75, 3.05) is 5.75 Å². The van der Waals surface area contributed by atoms with Gasteiger partial charge in [-0.3, -0.25) is 4.79 Å². The highest BCUT2D eigenvalue weighted by atomic mass is 32.2. The van der Waals surface area contributed by atoms with Crippen LogP contribution in [-0.2, 0) is 9.59 Å². The van der Waals surface area contributed by atoms with E-state index >= 15 is 0 Å². The molecule has 0 radical (unpaired) electrons. The molecule has 0 aliphatic rings. The maximum atomic E-state index is 10.5. The minimum absolute atomic E-state index is 0.197. The van der Waals surface area contributed by atoms with Crippen LogP contribution in [0.1, 0.15) is 6.92 Å². The fraction of sp³-hybridized carbons (Fsp3) is 0.571. The van der Waals surface area contributed by atoms with E-state index < -0.39 is 12.0 Å². The van der Waals surface area contributed by atoms with Crippen molar-refractivity contribution < 1.29 is 14.7 Å². The molecule has 0 aliphatic carbocycles. The lowest BCUT2D eigenvalue weighted by Crippen LogP contribution is -2.38. The van der Waals surface area contributed by atoms with E-state index in [-0.39, 0.29) is 11.0 Å². The maximum absolute atomic E-state index is 10.5. The molecule has 0 spiro atoms. The summed E-state index contributed by atoms with van der Waals surface area (Å²) in [5.74, 6) is -0.896. The average molecular weight is 202 g/mol. The van der Waals surface area contributed by atoms with Crippen LogP contribution in [0.3, 0.4) is 0 Å². The van der Waals surface area contributed by atoms with Crippen LogP contribution in [0.4, 0.5) is 0 Å². The Hall–Kier alpha value is -1.22. The van der Waals surface area contributed by atoms with E-state index in [9.17, 15) is 9.59 Å². The standard InChI is InChI=1S/C7H10N2O3S/c1-5(2-8)13-3-6(7(11)12)9-4-10/h4-6H,3H2,1H3,(H,9,10)(H,11,12). The van der Waals surface area contributed by atoms with Crippen molar-refractivity contribution in [2.24, 2.45) is 0 Å². The van der Waals surface area contributed by atoms with Gasteiger partial charge in [-0.15, -0.1) is 11.8 Å². The number of carboxylic acid groups (broad SMARTS) is 1. The summed E-state index contributed by atoms with van der Waals surface area (Å²) in [5.41, 5.74) is 0. The van der Waals surface area contributed by atoms with E-state index in [2.05, 4.69) is 5.32 Å². The van der Waals surface area contributed by atoms with Gasteiger partial charge in [0.1, 0.15) is 6.04 Å². The molecule has 6 heteroatoms. The Bertz CT molecular complexity index is 226. The maximum Gasteiger partial charge on any atom is 0.327 e. The van der Waals surface area contributed by atoms with Crippen LogP contribution in [-0.4, -0.2) is 34.5 Å². The summed E-state index contributed by atoms with van der Waals surface area (Å²) in [5, 5.41) is 18.9. The third-order valence-electron chi connectivity index (χ3n) is 1.26. The number of carbonyl (C=O) groups is 2. The van der Waals surface area contributed by atoms with Crippen LogP contribution in [0.5, 0.6) is 0 Å². The number of hydrogen-bond acceptors (Lipinski definition) is 4. The van der Waals surface area contributed by atoms with Gasteiger partial charge in [-0.25, -0.2) is 4.79 Å². The number of rotatable bonds is 6. The van der Waals surface area contributed by atoms with Crippen LogP contribution < -0.4 is 5.32 Å². The van der Waals surface area contributed by atoms with Gasteiger partial charge in [-0.2, -0.15) is 5.26 Å². The van der Waals surface area contributed by atoms with E-state index in [0.717, 1.165) is 0 Å². The second kappa shape index (κ2) is 6.31. The van der Waals surface area contributed by atoms with Crippen LogP contribution >= 0.6 is 11.8 Å². The van der Waals surface area contributed by atoms with E-state index in [1.807, 2.05) is 6.07 Å². The molecule has 0 saturated heterocycles. The monoisotopic (exact) mass is 202 g/mol. The first-order valence-electron chi connectivity index (χ1n) is 3.55. The zero-order valence-electron chi connectivity index (χ0n) is 7.06. The SMILES string of the molecule is CC(C#N)SCC(NC=O)C(=O)O. The molecule has 2 N–H and O–H groups in total. The molecule has 2 atom stereocenters. The Balaban J connectivity index is 3.90. The predicted molar refractivity (Wildman–Crippen MR) is 48.2 cm³/mol. The molecule has 13 heavy (non-hydrogen) atoms. The van der Waals surface area contributed by atoms with Gasteiger partial charge >= 0.3 is 5.97 Å². The number of hydrogen-bond donors (Lipinski definition) is 2. The number of nitrogens with zero attached hydrogens (tertiary/aromatic N) is 1. The molecule has 0 fully saturated rings. The lowest BCUT2D eigenvalue weighted by molar-refractivity contribution is -0.139. The van der Waals surface area contributed by atoms with Gasteiger partial charge < -0.3 is 10.4 Å². The summed E-state index contributed by atoms with van der Waals surface area (Å²) in [6, 6.07) is 1.04. The van der Waals surface area contributed by atoms with Gasteiger partial charge in [0.2, 0.25) is 6.41 Å². The number of nitrogens with one attached hydrogen (secondary N) is 1. The minimum atomic E-state index is -1.09. The Morgan fingerprint density at radius 2 is 2.46 bits per heavy atom. The highest BCUT2D eigenvalue weighted by molar-refractivity contribution is 8.00. The summed E-state index contributed by atoms with van der Waals surface area (Å²) in [7, 11) is 0. The highest BCUT2D eigenvalue weighted by Gasteiger charge is 2.17. The van der Waals surface area contributed by atoms with Gasteiger partial charge in [-0.1, -0.05) is 0 Å². The number of carbonyl (C=O) groups excluding carboxylic acids is 1. The third-order valence-corrected chi connectivity index (χ3v) is 2.39. The zero-order chi connectivity index (χ0) is 10.3. The van der Waals surface area contributed by atoms with E-state index in [1.54, 1.807) is 6.92 Å². The van der Waals surface area contributed by atoms with Crippen LogP contribution in [0.2, 0.25) is 0 Å². The molecule has 0 saturated carbocycles. The van der Waals surface area contributed by atoms with Gasteiger partial charge in [0, 0.05) is 5.75 Å². The molecule has 2 unspecified atom stereocenters. The highest BCUT2D eigenvalue weighted by Crippen LogP contribution is 2.10. The largest absolute Gasteiger partial charge is 0.480 e. The van der Waals surface area contributed by atoms with Crippen molar-refractivity contribution in [3.05, 3.63) is 0 Å². The molecule has 0 heterocycles. The number of amides is 1. The lowest BCUT2D eigenvalue weighted by Gasteiger charge is -2.10. The fourth-order valence-electron chi connectivity index (χ4n) is 0.551. The van der Waals surface area contributed by atoms with Crippen molar-refractivity contribution in [2.45, 2.75) is 18.2 Å². The molecular formula is C7H10N2O3S. The number of nitriles is 1. The first-order chi connectivity index (χ1) is 6.11. The molecule has 0 bridgehead atoms. The topological polar surface area (TPSA) is 90.2 Å². The van der Waals surface area contributed by atoms with Crippen molar-refractivity contribution >= 4 is 24.1 Å². The molecule has 72 valence electrons. The Kier molecular flexibility index (Phi) is 5.72. The van der Waals surface area contributed by atoms with E-state index in [1.165, 1.54) is 11.8 Å². The smallest absolute Gasteiger partial charge is 0.327 e. The van der Waals surface area contributed by atoms with Gasteiger partial charge in [0.25, 0.3) is 0 Å². The van der Waals surface area contributed by atoms with Crippen molar-refractivity contribution in [3.8, 4) is 6.07 Å². The normalized spacial score (nSPS) is 13.8. The minimum Gasteiger partial charge on any atom is -0.480 e. The lowest BCUT2D eigenvalue weighted by atomic mass is 10.3. The van der Waals surface area contributed by atoms with Crippen LogP contribution in [0.25, 0.3) is 0 Å². The summed E-state index contributed by atoms with van der Waals surface area (Å²) >= 11 is 1.19. The van der Waals surface area contributed by atoms with Crippen LogP contribution in [0.15, 0.2) is 0 Å². The molecule has 0 rings (SSSR count). The Morgan fingerprint density at radius 3 is 2.85 bits per heavy atom. The third kappa shape index (κ3) is 5.09. The van der Waals surface area contributed by atoms with E-state index in [0.29, 0.717) is 6.41 Å². The predicted octanol–water partition coefficient (Wildman–Crippen LogP) is -0.169. The average Bonchev–Trinajstić information content (AvgIpc) is 2.11. The van der Waals surface area contributed by atoms with Gasteiger partial charge in [-0.05, 0) is 6.92 Å². The van der Waals surface area contributed by atoms with Gasteiger partial charge in [0.05, 0.1) is 11.3 Å². The first-order valence-corrected chi connectivity index (χ1v) is 4.60. The molecular weight excluding hydrogens is 192 g/mol. The molecule has 0 aromatic heterocycles. The number of carboxylic acids is 1. The molecule has 0 aromatic rings. The van der Waals surface area contributed by atoms with Crippen molar-refractivity contribution in [1.29, 1.82) is 5.26 Å². The Morgan fingerprint density at radius 1 is 1.85 bits per heavy atom. The second-order valence-electron chi connectivity index (χ2n) is 2.28. The number of thioether (sulfide) groups is 1. The molecule has 5 nitrogen and oxygen atoms in total. The van der Waals surface area contributed by atoms with Gasteiger partial charge in [0.15, 0.2) is 0 Å². The van der Waals surface area contributed by atoms with Crippen molar-refractivity contribution in [3.63, 3.8) is 0 Å². The molecule has 1 amide bonds. The fourth-order valence-corrected chi connectivity index (χ4v) is 1.35. The zero-order valence-corrected chi connectivity index (χ0v) is 7.87.